The molecule has 13 heteroatoms. The van der Waals surface area contributed by atoms with Crippen molar-refractivity contribution in [3.05, 3.63) is 60.3 Å². The SMILES string of the molecule is C[C@]1(C(O)C(=O)Nc2ccc3c(N)noc3c2)OCCN(c2ccn(-c3ccc(C(=O)O)cc3)n2)C1=O. The fourth-order valence-electron chi connectivity index (χ4n) is 4.05. The molecule has 3 heterocycles. The topological polar surface area (TPSA) is 186 Å². The second kappa shape index (κ2) is 9.04. The largest absolute Gasteiger partial charge is 0.478 e. The third-order valence-corrected chi connectivity index (χ3v) is 6.15. The molecule has 1 aliphatic heterocycles. The number of aromatic carboxylic acids is 1. The minimum absolute atomic E-state index is 0.0516. The number of carbonyl (C=O) groups is 3. The van der Waals surface area contributed by atoms with Gasteiger partial charge < -0.3 is 30.5 Å². The van der Waals surface area contributed by atoms with Gasteiger partial charge >= 0.3 is 5.97 Å². The average molecular weight is 506 g/mol. The third kappa shape index (κ3) is 4.26. The summed E-state index contributed by atoms with van der Waals surface area (Å²) in [5.74, 6) is -2.05. The molecule has 1 saturated heterocycles. The van der Waals surface area contributed by atoms with E-state index in [9.17, 15) is 19.5 Å². The summed E-state index contributed by atoms with van der Waals surface area (Å²) >= 11 is 0. The highest BCUT2D eigenvalue weighted by Crippen LogP contribution is 2.29. The zero-order valence-corrected chi connectivity index (χ0v) is 19.5. The predicted molar refractivity (Wildman–Crippen MR) is 130 cm³/mol. The third-order valence-electron chi connectivity index (χ3n) is 6.15. The van der Waals surface area contributed by atoms with Crippen LogP contribution in [0.25, 0.3) is 16.7 Å². The van der Waals surface area contributed by atoms with Crippen LogP contribution >= 0.6 is 0 Å². The number of nitrogen functional groups attached to an aromatic ring is 1. The van der Waals surface area contributed by atoms with E-state index in [-0.39, 0.29) is 30.4 Å². The van der Waals surface area contributed by atoms with Crippen LogP contribution < -0.4 is 16.0 Å². The van der Waals surface area contributed by atoms with E-state index in [2.05, 4.69) is 15.6 Å². The van der Waals surface area contributed by atoms with Gasteiger partial charge in [-0.1, -0.05) is 5.16 Å². The van der Waals surface area contributed by atoms with Crippen LogP contribution in [-0.4, -0.2) is 67.8 Å². The van der Waals surface area contributed by atoms with Crippen molar-refractivity contribution < 1.29 is 33.9 Å². The Morgan fingerprint density at radius 2 is 1.95 bits per heavy atom. The number of amides is 2. The van der Waals surface area contributed by atoms with E-state index in [0.717, 1.165) is 0 Å². The first-order chi connectivity index (χ1) is 17.7. The van der Waals surface area contributed by atoms with Crippen molar-refractivity contribution in [2.75, 3.05) is 29.1 Å². The van der Waals surface area contributed by atoms with Gasteiger partial charge in [0.25, 0.3) is 11.8 Å². The number of aliphatic hydroxyl groups is 1. The molecule has 2 amide bonds. The van der Waals surface area contributed by atoms with Gasteiger partial charge in [-0.15, -0.1) is 5.10 Å². The van der Waals surface area contributed by atoms with E-state index < -0.39 is 29.5 Å². The molecule has 1 fully saturated rings. The number of rotatable bonds is 6. The van der Waals surface area contributed by atoms with E-state index in [4.69, 9.17) is 20.1 Å². The number of carboxylic acid groups (broad SMARTS) is 1. The summed E-state index contributed by atoms with van der Waals surface area (Å²) in [6, 6.07) is 12.3. The zero-order chi connectivity index (χ0) is 26.3. The second-order valence-electron chi connectivity index (χ2n) is 8.55. The van der Waals surface area contributed by atoms with Gasteiger partial charge in [0.05, 0.1) is 29.8 Å². The Morgan fingerprint density at radius 3 is 2.68 bits per heavy atom. The minimum atomic E-state index is -1.88. The van der Waals surface area contributed by atoms with Crippen LogP contribution in [0.4, 0.5) is 17.3 Å². The van der Waals surface area contributed by atoms with Crippen LogP contribution in [0.1, 0.15) is 17.3 Å². The molecular weight excluding hydrogens is 484 g/mol. The summed E-state index contributed by atoms with van der Waals surface area (Å²) in [7, 11) is 0. The number of carboxylic acids is 1. The van der Waals surface area contributed by atoms with Crippen molar-refractivity contribution in [2.45, 2.75) is 18.6 Å². The van der Waals surface area contributed by atoms with Gasteiger partial charge in [-0.2, -0.15) is 0 Å². The van der Waals surface area contributed by atoms with Gasteiger partial charge in [-0.25, -0.2) is 9.48 Å². The van der Waals surface area contributed by atoms with Crippen molar-refractivity contribution in [1.29, 1.82) is 0 Å². The quantitative estimate of drug-likeness (QED) is 0.298. The number of morpholine rings is 1. The number of aromatic nitrogens is 3. The number of nitrogens with two attached hydrogens (primary N) is 1. The number of anilines is 3. The van der Waals surface area contributed by atoms with Gasteiger partial charge in [0.2, 0.25) is 0 Å². The first-order valence-electron chi connectivity index (χ1n) is 11.2. The number of carbonyl (C=O) groups excluding carboxylic acids is 2. The lowest BCUT2D eigenvalue weighted by molar-refractivity contribution is -0.170. The van der Waals surface area contributed by atoms with Crippen molar-refractivity contribution >= 4 is 46.1 Å². The Bertz CT molecular complexity index is 1510. The van der Waals surface area contributed by atoms with Crippen molar-refractivity contribution in [3.8, 4) is 5.69 Å². The highest BCUT2D eigenvalue weighted by Gasteiger charge is 2.51. The Kier molecular flexibility index (Phi) is 5.85. The number of nitrogens with one attached hydrogen (secondary N) is 1. The molecule has 4 aromatic rings. The predicted octanol–water partition coefficient (Wildman–Crippen LogP) is 1.42. The molecule has 0 bridgehead atoms. The van der Waals surface area contributed by atoms with Gasteiger partial charge in [0.15, 0.2) is 28.9 Å². The lowest BCUT2D eigenvalue weighted by Crippen LogP contribution is -2.63. The normalized spacial score (nSPS) is 18.6. The molecule has 2 atom stereocenters. The van der Waals surface area contributed by atoms with Gasteiger partial charge in [0.1, 0.15) is 0 Å². The van der Waals surface area contributed by atoms with Crippen molar-refractivity contribution in [2.24, 2.45) is 0 Å². The first-order valence-corrected chi connectivity index (χ1v) is 11.2. The average Bonchev–Trinajstić information content (AvgIpc) is 3.52. The summed E-state index contributed by atoms with van der Waals surface area (Å²) < 4.78 is 12.2. The fraction of sp³-hybridized carbons (Fsp3) is 0.208. The highest BCUT2D eigenvalue weighted by molar-refractivity contribution is 6.06. The fourth-order valence-corrected chi connectivity index (χ4v) is 4.05. The Balaban J connectivity index is 1.33. The number of benzene rings is 2. The molecule has 5 N–H and O–H groups in total. The van der Waals surface area contributed by atoms with Crippen molar-refractivity contribution in [3.63, 3.8) is 0 Å². The molecule has 1 unspecified atom stereocenters. The Hall–Kier alpha value is -4.75. The monoisotopic (exact) mass is 506 g/mol. The van der Waals surface area contributed by atoms with Crippen molar-refractivity contribution in [1.82, 2.24) is 14.9 Å². The highest BCUT2D eigenvalue weighted by atomic mass is 16.5. The lowest BCUT2D eigenvalue weighted by atomic mass is 9.94. The zero-order valence-electron chi connectivity index (χ0n) is 19.5. The second-order valence-corrected chi connectivity index (χ2v) is 8.55. The molecule has 2 aromatic carbocycles. The summed E-state index contributed by atoms with van der Waals surface area (Å²) in [6.45, 7) is 1.55. The van der Waals surface area contributed by atoms with E-state index in [1.54, 1.807) is 36.5 Å². The van der Waals surface area contributed by atoms with Crippen LogP contribution in [0.2, 0.25) is 0 Å². The molecular formula is C24H22N6O7. The maximum absolute atomic E-state index is 13.4. The summed E-state index contributed by atoms with van der Waals surface area (Å²) in [5.41, 5.74) is 5.20. The number of fused-ring (bicyclic) bond motifs is 1. The molecule has 13 nitrogen and oxygen atoms in total. The summed E-state index contributed by atoms with van der Waals surface area (Å²) in [4.78, 5) is 38.7. The van der Waals surface area contributed by atoms with Crippen LogP contribution in [0.3, 0.4) is 0 Å². The molecule has 5 rings (SSSR count). The number of hydrogen-bond acceptors (Lipinski definition) is 9. The number of ether oxygens (including phenoxy) is 1. The molecule has 37 heavy (non-hydrogen) atoms. The summed E-state index contributed by atoms with van der Waals surface area (Å²) in [6.07, 6.45) is -0.232. The first kappa shape index (κ1) is 24.0. The van der Waals surface area contributed by atoms with E-state index in [1.165, 1.54) is 34.7 Å². The molecule has 0 radical (unpaired) electrons. The van der Waals surface area contributed by atoms with Gasteiger partial charge in [-0.3, -0.25) is 14.5 Å². The van der Waals surface area contributed by atoms with E-state index in [0.29, 0.717) is 22.3 Å². The van der Waals surface area contributed by atoms with E-state index in [1.807, 2.05) is 0 Å². The Morgan fingerprint density at radius 1 is 1.19 bits per heavy atom. The molecule has 0 aliphatic carbocycles. The molecule has 2 aromatic heterocycles. The maximum Gasteiger partial charge on any atom is 0.335 e. The van der Waals surface area contributed by atoms with Gasteiger partial charge in [-0.05, 0) is 43.3 Å². The summed E-state index contributed by atoms with van der Waals surface area (Å²) in [5, 5.41) is 31.1. The molecule has 1 aliphatic rings. The number of nitrogens with zero attached hydrogens (tertiary/aromatic N) is 4. The molecule has 0 saturated carbocycles. The smallest absolute Gasteiger partial charge is 0.335 e. The van der Waals surface area contributed by atoms with E-state index >= 15 is 0 Å². The van der Waals surface area contributed by atoms with Crippen LogP contribution in [0.15, 0.2) is 59.3 Å². The van der Waals surface area contributed by atoms with Crippen LogP contribution in [-0.2, 0) is 14.3 Å². The van der Waals surface area contributed by atoms with Gasteiger partial charge in [0, 0.05) is 24.0 Å². The molecule has 0 spiro atoms. The lowest BCUT2D eigenvalue weighted by Gasteiger charge is -2.40. The standard InChI is InChI=1S/C24H22N6O7/c1-24(19(31)21(32)26-14-4-7-16-17(12-14)37-28-20(16)25)23(35)29(10-11-36-24)18-8-9-30(27-18)15-5-2-13(3-6-15)22(33)34/h2-9,12,19,31H,10-11H2,1H3,(H2,25,28)(H,26,32)(H,33,34)/t19?,24-/m1/s1. The van der Waals surface area contributed by atoms with Crippen LogP contribution in [0, 0.1) is 0 Å². The Labute approximate surface area is 209 Å². The minimum Gasteiger partial charge on any atom is -0.478 e. The van der Waals surface area contributed by atoms with Crippen LogP contribution in [0.5, 0.6) is 0 Å². The molecule has 190 valence electrons. The number of aliphatic hydroxyl groups excluding tert-OH is 1. The maximum atomic E-state index is 13.4. The number of hydrogen-bond donors (Lipinski definition) is 4.